The first-order chi connectivity index (χ1) is 8.21. The van der Waals surface area contributed by atoms with Crippen LogP contribution in [0.5, 0.6) is 0 Å². The lowest BCUT2D eigenvalue weighted by atomic mass is 10.4. The SMILES string of the molecule is CNC(=O)CCN(C)S(=O)(=O)N(C)CCC(=O)O. The van der Waals surface area contributed by atoms with Gasteiger partial charge in [-0.3, -0.25) is 9.59 Å². The highest BCUT2D eigenvalue weighted by atomic mass is 32.2. The maximum atomic E-state index is 11.9. The fourth-order valence-electron chi connectivity index (χ4n) is 1.11. The Morgan fingerprint density at radius 2 is 1.56 bits per heavy atom. The number of carboxylic acids is 1. The number of amides is 1. The molecule has 0 unspecified atom stereocenters. The quantitative estimate of drug-likeness (QED) is 0.575. The van der Waals surface area contributed by atoms with Crippen molar-refractivity contribution in [3.63, 3.8) is 0 Å². The van der Waals surface area contributed by atoms with Crippen molar-refractivity contribution >= 4 is 22.1 Å². The molecule has 0 saturated heterocycles. The highest BCUT2D eigenvalue weighted by Gasteiger charge is 2.24. The third-order valence-corrected chi connectivity index (χ3v) is 4.30. The Morgan fingerprint density at radius 3 is 1.94 bits per heavy atom. The molecule has 0 aliphatic rings. The van der Waals surface area contributed by atoms with Gasteiger partial charge in [-0.1, -0.05) is 0 Å². The Labute approximate surface area is 107 Å². The van der Waals surface area contributed by atoms with Crippen LogP contribution in [-0.2, 0) is 19.8 Å². The normalized spacial score (nSPS) is 11.8. The molecule has 0 aliphatic carbocycles. The fraction of sp³-hybridized carbons (Fsp3) is 0.778. The Kier molecular flexibility index (Phi) is 6.81. The third-order valence-electron chi connectivity index (χ3n) is 2.36. The Balaban J connectivity index is 4.42. The van der Waals surface area contributed by atoms with E-state index in [1.165, 1.54) is 21.1 Å². The zero-order valence-electron chi connectivity index (χ0n) is 10.7. The Morgan fingerprint density at radius 1 is 1.11 bits per heavy atom. The van der Waals surface area contributed by atoms with Gasteiger partial charge in [-0.05, 0) is 0 Å². The molecule has 1 amide bonds. The summed E-state index contributed by atoms with van der Waals surface area (Å²) in [5, 5.41) is 10.9. The lowest BCUT2D eigenvalue weighted by molar-refractivity contribution is -0.137. The van der Waals surface area contributed by atoms with Crippen LogP contribution in [-0.4, -0.2) is 68.2 Å². The maximum absolute atomic E-state index is 11.9. The number of carboxylic acid groups (broad SMARTS) is 1. The van der Waals surface area contributed by atoms with Crippen LogP contribution in [0.3, 0.4) is 0 Å². The summed E-state index contributed by atoms with van der Waals surface area (Å²) < 4.78 is 25.7. The predicted molar refractivity (Wildman–Crippen MR) is 65.1 cm³/mol. The number of rotatable bonds is 8. The van der Waals surface area contributed by atoms with Gasteiger partial charge in [0.1, 0.15) is 0 Å². The lowest BCUT2D eigenvalue weighted by Gasteiger charge is -2.23. The molecule has 0 bridgehead atoms. The summed E-state index contributed by atoms with van der Waals surface area (Å²) in [6.07, 6.45) is -0.210. The summed E-state index contributed by atoms with van der Waals surface area (Å²) in [7, 11) is 0.396. The van der Waals surface area contributed by atoms with Crippen molar-refractivity contribution in [3.8, 4) is 0 Å². The van der Waals surface area contributed by atoms with E-state index in [2.05, 4.69) is 5.32 Å². The molecule has 0 atom stereocenters. The molecule has 9 heteroatoms. The second kappa shape index (κ2) is 7.29. The number of hydrogen-bond donors (Lipinski definition) is 2. The molecule has 0 aliphatic heterocycles. The van der Waals surface area contributed by atoms with Gasteiger partial charge in [0.2, 0.25) is 5.91 Å². The van der Waals surface area contributed by atoms with E-state index in [4.69, 9.17) is 5.11 Å². The molecule has 0 aromatic rings. The van der Waals surface area contributed by atoms with Gasteiger partial charge in [-0.2, -0.15) is 17.0 Å². The molecule has 0 aromatic carbocycles. The van der Waals surface area contributed by atoms with E-state index in [0.29, 0.717) is 0 Å². The number of carbonyl (C=O) groups excluding carboxylic acids is 1. The number of carbonyl (C=O) groups is 2. The van der Waals surface area contributed by atoms with Crippen LogP contribution in [0.2, 0.25) is 0 Å². The summed E-state index contributed by atoms with van der Waals surface area (Å²) >= 11 is 0. The smallest absolute Gasteiger partial charge is 0.304 e. The molecule has 0 heterocycles. The van der Waals surface area contributed by atoms with Gasteiger partial charge in [0.25, 0.3) is 10.2 Å². The van der Waals surface area contributed by atoms with E-state index in [1.807, 2.05) is 0 Å². The average molecular weight is 281 g/mol. The molecular formula is C9H19N3O5S. The van der Waals surface area contributed by atoms with Gasteiger partial charge in [0.15, 0.2) is 0 Å². The van der Waals surface area contributed by atoms with E-state index in [-0.39, 0.29) is 31.8 Å². The molecule has 2 N–H and O–H groups in total. The summed E-state index contributed by atoms with van der Waals surface area (Å²) in [5.74, 6) is -1.32. The van der Waals surface area contributed by atoms with Crippen LogP contribution in [0.25, 0.3) is 0 Å². The largest absolute Gasteiger partial charge is 0.481 e. The van der Waals surface area contributed by atoms with Crippen LogP contribution >= 0.6 is 0 Å². The van der Waals surface area contributed by atoms with Crippen molar-refractivity contribution in [2.24, 2.45) is 0 Å². The lowest BCUT2D eigenvalue weighted by Crippen LogP contribution is -2.41. The molecule has 8 nitrogen and oxygen atoms in total. The first kappa shape index (κ1) is 16.8. The van der Waals surface area contributed by atoms with Crippen LogP contribution in [0, 0.1) is 0 Å². The van der Waals surface area contributed by atoms with Gasteiger partial charge in [0.05, 0.1) is 6.42 Å². The Bertz CT molecular complexity index is 395. The molecule has 0 saturated carbocycles. The van der Waals surface area contributed by atoms with Crippen LogP contribution in [0.1, 0.15) is 12.8 Å². The zero-order chi connectivity index (χ0) is 14.3. The van der Waals surface area contributed by atoms with Gasteiger partial charge in [-0.15, -0.1) is 0 Å². The molecule has 0 spiro atoms. The van der Waals surface area contributed by atoms with E-state index in [9.17, 15) is 18.0 Å². The van der Waals surface area contributed by atoms with Crippen LogP contribution in [0.15, 0.2) is 0 Å². The number of aliphatic carboxylic acids is 1. The van der Waals surface area contributed by atoms with Crippen LogP contribution < -0.4 is 5.32 Å². The summed E-state index contributed by atoms with van der Waals surface area (Å²) in [6.45, 7) is -0.0681. The highest BCUT2D eigenvalue weighted by molar-refractivity contribution is 7.86. The maximum Gasteiger partial charge on any atom is 0.304 e. The minimum Gasteiger partial charge on any atom is -0.481 e. The van der Waals surface area contributed by atoms with Crippen molar-refractivity contribution in [2.75, 3.05) is 34.2 Å². The summed E-state index contributed by atoms with van der Waals surface area (Å²) in [6, 6.07) is 0. The first-order valence-electron chi connectivity index (χ1n) is 5.31. The summed E-state index contributed by atoms with van der Waals surface area (Å²) in [4.78, 5) is 21.4. The van der Waals surface area contributed by atoms with Crippen molar-refractivity contribution in [2.45, 2.75) is 12.8 Å². The van der Waals surface area contributed by atoms with Gasteiger partial charge in [-0.25, -0.2) is 0 Å². The molecular weight excluding hydrogens is 262 g/mol. The highest BCUT2D eigenvalue weighted by Crippen LogP contribution is 2.05. The van der Waals surface area contributed by atoms with Crippen LogP contribution in [0.4, 0.5) is 0 Å². The van der Waals surface area contributed by atoms with Gasteiger partial charge in [0, 0.05) is 40.7 Å². The Hall–Kier alpha value is -1.19. The molecule has 0 aromatic heterocycles. The van der Waals surface area contributed by atoms with Gasteiger partial charge >= 0.3 is 5.97 Å². The fourth-order valence-corrected chi connectivity index (χ4v) is 2.23. The number of nitrogens with zero attached hydrogens (tertiary/aromatic N) is 2. The van der Waals surface area contributed by atoms with E-state index < -0.39 is 16.2 Å². The zero-order valence-corrected chi connectivity index (χ0v) is 11.5. The standard InChI is InChI=1S/C9H19N3O5S/c1-10-8(13)4-6-11(2)18(16,17)12(3)7-5-9(14)15/h4-7H2,1-3H3,(H,10,13)(H,14,15). The first-order valence-corrected chi connectivity index (χ1v) is 6.71. The monoisotopic (exact) mass is 281 g/mol. The van der Waals surface area contributed by atoms with E-state index >= 15 is 0 Å². The molecule has 0 fully saturated rings. The van der Waals surface area contributed by atoms with Crippen molar-refractivity contribution in [1.29, 1.82) is 0 Å². The second-order valence-corrected chi connectivity index (χ2v) is 5.86. The van der Waals surface area contributed by atoms with Crippen molar-refractivity contribution in [1.82, 2.24) is 13.9 Å². The predicted octanol–water partition coefficient (Wildman–Crippen LogP) is -1.29. The van der Waals surface area contributed by atoms with E-state index in [0.717, 1.165) is 8.61 Å². The molecule has 0 rings (SSSR count). The number of nitrogens with one attached hydrogen (secondary N) is 1. The molecule has 0 radical (unpaired) electrons. The third kappa shape index (κ3) is 5.43. The van der Waals surface area contributed by atoms with Gasteiger partial charge < -0.3 is 10.4 Å². The second-order valence-electron chi connectivity index (χ2n) is 3.72. The minimum absolute atomic E-state index is 0.0411. The minimum atomic E-state index is -3.72. The molecule has 106 valence electrons. The summed E-state index contributed by atoms with van der Waals surface area (Å²) in [5.41, 5.74) is 0. The number of hydrogen-bond acceptors (Lipinski definition) is 4. The average Bonchev–Trinajstić information content (AvgIpc) is 2.31. The molecule has 18 heavy (non-hydrogen) atoms. The van der Waals surface area contributed by atoms with Crippen molar-refractivity contribution in [3.05, 3.63) is 0 Å². The van der Waals surface area contributed by atoms with Crippen molar-refractivity contribution < 1.29 is 23.1 Å². The topological polar surface area (TPSA) is 107 Å². The van der Waals surface area contributed by atoms with E-state index in [1.54, 1.807) is 0 Å².